The van der Waals surface area contributed by atoms with E-state index in [1.807, 2.05) is 0 Å². The molecule has 2 fully saturated rings. The lowest BCUT2D eigenvalue weighted by atomic mass is 9.94. The lowest BCUT2D eigenvalue weighted by Crippen LogP contribution is -2.41. The molecule has 2 aliphatic rings. The van der Waals surface area contributed by atoms with Gasteiger partial charge in [-0.1, -0.05) is 83.1 Å². The highest BCUT2D eigenvalue weighted by molar-refractivity contribution is 5.79. The predicted octanol–water partition coefficient (Wildman–Crippen LogP) is 5.62. The average Bonchev–Trinajstić information content (AvgIpc) is 3.23. The van der Waals surface area contributed by atoms with E-state index in [-0.39, 0.29) is 24.9 Å². The number of ether oxygens (including phenoxy) is 3. The molecule has 0 radical (unpaired) electrons. The van der Waals surface area contributed by atoms with Crippen LogP contribution in [0.2, 0.25) is 0 Å². The van der Waals surface area contributed by atoms with Gasteiger partial charge in [-0.2, -0.15) is 0 Å². The molecule has 0 aromatic carbocycles. The first-order valence-electron chi connectivity index (χ1n) is 15.8. The van der Waals surface area contributed by atoms with Crippen molar-refractivity contribution in [3.63, 3.8) is 0 Å². The zero-order valence-electron chi connectivity index (χ0n) is 24.3. The molecule has 0 aromatic heterocycles. The highest BCUT2D eigenvalue weighted by atomic mass is 16.8. The lowest BCUT2D eigenvalue weighted by Gasteiger charge is -2.33. The van der Waals surface area contributed by atoms with Crippen molar-refractivity contribution >= 4 is 5.97 Å². The van der Waals surface area contributed by atoms with E-state index in [1.165, 1.54) is 76.7 Å². The number of carboxylic acid groups (broad SMARTS) is 1. The predicted molar refractivity (Wildman–Crippen MR) is 153 cm³/mol. The molecule has 2 unspecified atom stereocenters. The molecule has 228 valence electrons. The largest absolute Gasteiger partial charge is 0.478 e. The second-order valence-electron chi connectivity index (χ2n) is 11.6. The van der Waals surface area contributed by atoms with Crippen LogP contribution in [-0.2, 0) is 19.0 Å². The standard InChI is InChI=1S/C31H57NO7/c32-26(24-33)25-37-23-17-13-9-7-5-3-1-2-4-6-8-12-16-21-31-22-20-27(34)30(39-31)28(38-31)18-14-10-11-15-19-29(35)36/h15,19,26-28,30,33-34H,1-14,16-18,20-25,32H2,(H,35,36)/b19-15+/t26?,27-,28?,30-,31-/m1/s1. The first kappa shape index (κ1) is 34.2. The van der Waals surface area contributed by atoms with Crippen molar-refractivity contribution in [1.29, 1.82) is 0 Å². The Bertz CT molecular complexity index is 661. The van der Waals surface area contributed by atoms with Gasteiger partial charge in [-0.15, -0.1) is 0 Å². The molecule has 0 saturated carbocycles. The summed E-state index contributed by atoms with van der Waals surface area (Å²) in [5.41, 5.74) is 5.61. The fourth-order valence-corrected chi connectivity index (χ4v) is 5.76. The van der Waals surface area contributed by atoms with E-state index in [0.717, 1.165) is 64.4 Å². The Morgan fingerprint density at radius 3 is 2.15 bits per heavy atom. The van der Waals surface area contributed by atoms with Crippen LogP contribution in [0.1, 0.15) is 128 Å². The minimum Gasteiger partial charge on any atom is -0.478 e. The van der Waals surface area contributed by atoms with E-state index in [0.29, 0.717) is 6.61 Å². The summed E-state index contributed by atoms with van der Waals surface area (Å²) in [5, 5.41) is 27.9. The SMILES string of the molecule is NC(CO)COCCCCCCCCCCCCCCC[C@]12CC[C@@H](O)[C@@H](O1)C(CCCC/C=C/C(=O)O)O2. The highest BCUT2D eigenvalue weighted by Gasteiger charge is 2.52. The summed E-state index contributed by atoms with van der Waals surface area (Å²) >= 11 is 0. The molecular weight excluding hydrogens is 498 g/mol. The third-order valence-electron chi connectivity index (χ3n) is 8.07. The summed E-state index contributed by atoms with van der Waals surface area (Å²) in [6, 6.07) is -0.250. The first-order chi connectivity index (χ1) is 19.0. The summed E-state index contributed by atoms with van der Waals surface area (Å²) in [6.07, 6.45) is 24.5. The second-order valence-corrected chi connectivity index (χ2v) is 11.6. The van der Waals surface area contributed by atoms with Gasteiger partial charge in [0.1, 0.15) is 6.10 Å². The van der Waals surface area contributed by atoms with Gasteiger partial charge in [-0.25, -0.2) is 4.79 Å². The minimum atomic E-state index is -0.903. The van der Waals surface area contributed by atoms with Crippen LogP contribution >= 0.6 is 0 Å². The molecule has 2 heterocycles. The van der Waals surface area contributed by atoms with E-state index in [9.17, 15) is 9.90 Å². The van der Waals surface area contributed by atoms with Crippen LogP contribution in [0.3, 0.4) is 0 Å². The number of nitrogens with two attached hydrogens (primary N) is 1. The van der Waals surface area contributed by atoms with E-state index >= 15 is 0 Å². The van der Waals surface area contributed by atoms with Gasteiger partial charge in [-0.3, -0.25) is 0 Å². The number of rotatable bonds is 25. The van der Waals surface area contributed by atoms with Crippen molar-refractivity contribution in [1.82, 2.24) is 0 Å². The molecule has 8 nitrogen and oxygen atoms in total. The van der Waals surface area contributed by atoms with Crippen molar-refractivity contribution in [3.05, 3.63) is 12.2 Å². The number of aliphatic carboxylic acids is 1. The van der Waals surface area contributed by atoms with Crippen LogP contribution in [0.4, 0.5) is 0 Å². The number of allylic oxidation sites excluding steroid dienone is 1. The Hall–Kier alpha value is -1.03. The number of hydrogen-bond donors (Lipinski definition) is 4. The number of carboxylic acids is 1. The normalized spacial score (nSPS) is 25.5. The number of aliphatic hydroxyl groups excluding tert-OH is 2. The molecule has 0 aliphatic carbocycles. The fourth-order valence-electron chi connectivity index (χ4n) is 5.76. The maximum Gasteiger partial charge on any atom is 0.327 e. The third kappa shape index (κ3) is 15.0. The highest BCUT2D eigenvalue weighted by Crippen LogP contribution is 2.44. The molecule has 0 aromatic rings. The van der Waals surface area contributed by atoms with Crippen molar-refractivity contribution in [3.8, 4) is 0 Å². The number of aliphatic hydroxyl groups is 2. The second kappa shape index (κ2) is 20.8. The molecule has 39 heavy (non-hydrogen) atoms. The number of hydrogen-bond acceptors (Lipinski definition) is 7. The minimum absolute atomic E-state index is 0.0140. The molecule has 5 atom stereocenters. The summed E-state index contributed by atoms with van der Waals surface area (Å²) < 4.78 is 18.1. The summed E-state index contributed by atoms with van der Waals surface area (Å²) in [4.78, 5) is 10.6. The Labute approximate surface area is 236 Å². The quantitative estimate of drug-likeness (QED) is 0.0843. The van der Waals surface area contributed by atoms with Crippen LogP contribution < -0.4 is 5.73 Å². The van der Waals surface area contributed by atoms with E-state index < -0.39 is 17.9 Å². The number of carbonyl (C=O) groups is 1. The zero-order chi connectivity index (χ0) is 28.2. The third-order valence-corrected chi connectivity index (χ3v) is 8.07. The molecular formula is C31H57NO7. The molecule has 5 N–H and O–H groups in total. The molecule has 0 spiro atoms. The Morgan fingerprint density at radius 1 is 0.923 bits per heavy atom. The maximum absolute atomic E-state index is 10.6. The van der Waals surface area contributed by atoms with Gasteiger partial charge in [0.25, 0.3) is 0 Å². The smallest absolute Gasteiger partial charge is 0.327 e. The molecule has 2 rings (SSSR count). The Balaban J connectivity index is 1.41. The van der Waals surface area contributed by atoms with Gasteiger partial charge in [0.05, 0.1) is 31.5 Å². The maximum atomic E-state index is 10.6. The van der Waals surface area contributed by atoms with E-state index in [1.54, 1.807) is 6.08 Å². The van der Waals surface area contributed by atoms with Crippen molar-refractivity contribution in [2.45, 2.75) is 159 Å². The van der Waals surface area contributed by atoms with Gasteiger partial charge >= 0.3 is 5.97 Å². The van der Waals surface area contributed by atoms with Crippen LogP contribution in [0.25, 0.3) is 0 Å². The fraction of sp³-hybridized carbons (Fsp3) is 0.903. The van der Waals surface area contributed by atoms with Crippen LogP contribution in [-0.4, -0.2) is 71.3 Å². The monoisotopic (exact) mass is 555 g/mol. The summed E-state index contributed by atoms with van der Waals surface area (Å²) in [6.45, 7) is 1.18. The average molecular weight is 556 g/mol. The first-order valence-corrected chi connectivity index (χ1v) is 15.8. The summed E-state index contributed by atoms with van der Waals surface area (Å²) in [7, 11) is 0. The van der Waals surface area contributed by atoms with Gasteiger partial charge in [0.15, 0.2) is 5.79 Å². The van der Waals surface area contributed by atoms with Gasteiger partial charge in [0.2, 0.25) is 0 Å². The Morgan fingerprint density at radius 2 is 1.54 bits per heavy atom. The molecule has 2 saturated heterocycles. The number of unbranched alkanes of at least 4 members (excludes halogenated alkanes) is 14. The summed E-state index contributed by atoms with van der Waals surface area (Å²) in [5.74, 6) is -1.40. The number of fused-ring (bicyclic) bond motifs is 2. The molecule has 2 aliphatic heterocycles. The Kier molecular flexibility index (Phi) is 18.2. The van der Waals surface area contributed by atoms with Crippen molar-refractivity contribution in [2.75, 3.05) is 19.8 Å². The lowest BCUT2D eigenvalue weighted by molar-refractivity contribution is -0.214. The van der Waals surface area contributed by atoms with Crippen molar-refractivity contribution in [2.24, 2.45) is 5.73 Å². The zero-order valence-corrected chi connectivity index (χ0v) is 24.3. The van der Waals surface area contributed by atoms with E-state index in [4.69, 9.17) is 30.2 Å². The van der Waals surface area contributed by atoms with Crippen LogP contribution in [0.15, 0.2) is 12.2 Å². The topological polar surface area (TPSA) is 131 Å². The van der Waals surface area contributed by atoms with Gasteiger partial charge < -0.3 is 35.3 Å². The van der Waals surface area contributed by atoms with Crippen LogP contribution in [0.5, 0.6) is 0 Å². The molecule has 8 heteroatoms. The molecule has 2 bridgehead atoms. The van der Waals surface area contributed by atoms with E-state index in [2.05, 4.69) is 0 Å². The molecule has 0 amide bonds. The van der Waals surface area contributed by atoms with Crippen LogP contribution in [0, 0.1) is 0 Å². The van der Waals surface area contributed by atoms with Gasteiger partial charge in [0, 0.05) is 25.5 Å². The van der Waals surface area contributed by atoms with Gasteiger partial charge in [-0.05, 0) is 38.5 Å². The van der Waals surface area contributed by atoms with Crippen molar-refractivity contribution < 1.29 is 34.3 Å².